The maximum Gasteiger partial charge on any atom is 0.267 e. The molecule has 1 aromatic rings. The van der Waals surface area contributed by atoms with E-state index >= 15 is 0 Å². The molecule has 1 unspecified atom stereocenters. The third-order valence-electron chi connectivity index (χ3n) is 3.92. The summed E-state index contributed by atoms with van der Waals surface area (Å²) in [7, 11) is 3.80. The standard InChI is InChI=1S/C14H24N4OS/c1-14(2,3)9-6-7-18(8-9)12(19)10-11(15)16-13(20-10)17(4)5/h9H,6-8,15H2,1-5H3. The van der Waals surface area contributed by atoms with Crippen molar-refractivity contribution in [2.24, 2.45) is 11.3 Å². The van der Waals surface area contributed by atoms with E-state index in [4.69, 9.17) is 5.73 Å². The van der Waals surface area contributed by atoms with Gasteiger partial charge in [-0.1, -0.05) is 32.1 Å². The van der Waals surface area contributed by atoms with Crippen molar-refractivity contribution < 1.29 is 4.79 Å². The Bertz CT molecular complexity index is 504. The first-order valence-electron chi connectivity index (χ1n) is 6.93. The lowest BCUT2D eigenvalue weighted by Crippen LogP contribution is -2.31. The van der Waals surface area contributed by atoms with E-state index in [0.717, 1.165) is 24.6 Å². The van der Waals surface area contributed by atoms with Gasteiger partial charge in [0.15, 0.2) is 5.13 Å². The highest BCUT2D eigenvalue weighted by Gasteiger charge is 2.35. The lowest BCUT2D eigenvalue weighted by atomic mass is 9.80. The number of carbonyl (C=O) groups is 1. The molecule has 0 radical (unpaired) electrons. The van der Waals surface area contributed by atoms with Gasteiger partial charge in [-0.25, -0.2) is 4.98 Å². The molecular formula is C14H24N4OS. The summed E-state index contributed by atoms with van der Waals surface area (Å²) in [4.78, 5) is 21.2. The van der Waals surface area contributed by atoms with E-state index in [0.29, 0.717) is 16.6 Å². The van der Waals surface area contributed by atoms with Crippen LogP contribution in [-0.2, 0) is 0 Å². The number of thiazole rings is 1. The molecule has 2 rings (SSSR count). The van der Waals surface area contributed by atoms with Gasteiger partial charge in [0.2, 0.25) is 0 Å². The van der Waals surface area contributed by atoms with Crippen LogP contribution in [0.15, 0.2) is 0 Å². The van der Waals surface area contributed by atoms with Gasteiger partial charge in [0, 0.05) is 27.2 Å². The van der Waals surface area contributed by atoms with Crippen molar-refractivity contribution in [1.82, 2.24) is 9.88 Å². The molecule has 0 aromatic carbocycles. The van der Waals surface area contributed by atoms with Gasteiger partial charge in [0.1, 0.15) is 10.7 Å². The molecule has 1 aromatic heterocycles. The molecule has 2 N–H and O–H groups in total. The maximum absolute atomic E-state index is 12.6. The van der Waals surface area contributed by atoms with Crippen LogP contribution in [-0.4, -0.2) is 43.0 Å². The minimum Gasteiger partial charge on any atom is -0.382 e. The number of rotatable bonds is 2. The van der Waals surface area contributed by atoms with Crippen LogP contribution in [0.2, 0.25) is 0 Å². The zero-order chi connectivity index (χ0) is 15.1. The lowest BCUT2D eigenvalue weighted by Gasteiger charge is -2.26. The summed E-state index contributed by atoms with van der Waals surface area (Å²) in [5.41, 5.74) is 6.13. The Morgan fingerprint density at radius 2 is 2.10 bits per heavy atom. The highest BCUT2D eigenvalue weighted by molar-refractivity contribution is 7.18. The van der Waals surface area contributed by atoms with Crippen LogP contribution in [0.3, 0.4) is 0 Å². The average molecular weight is 296 g/mol. The second-order valence-electron chi connectivity index (χ2n) is 6.71. The monoisotopic (exact) mass is 296 g/mol. The molecule has 0 aliphatic carbocycles. The van der Waals surface area contributed by atoms with Crippen LogP contribution < -0.4 is 10.6 Å². The molecule has 0 bridgehead atoms. The van der Waals surface area contributed by atoms with E-state index in [9.17, 15) is 4.79 Å². The molecule has 0 spiro atoms. The number of hydrogen-bond donors (Lipinski definition) is 1. The first-order chi connectivity index (χ1) is 9.20. The normalized spacial score (nSPS) is 19.4. The molecule has 1 aliphatic heterocycles. The van der Waals surface area contributed by atoms with Gasteiger partial charge in [-0.2, -0.15) is 0 Å². The summed E-state index contributed by atoms with van der Waals surface area (Å²) >= 11 is 1.37. The van der Waals surface area contributed by atoms with Gasteiger partial charge in [-0.3, -0.25) is 4.79 Å². The Balaban J connectivity index is 2.13. The first-order valence-corrected chi connectivity index (χ1v) is 7.74. The van der Waals surface area contributed by atoms with E-state index in [2.05, 4.69) is 25.8 Å². The SMILES string of the molecule is CN(C)c1nc(N)c(C(=O)N2CCC(C(C)(C)C)C2)s1. The quantitative estimate of drug-likeness (QED) is 0.909. The highest BCUT2D eigenvalue weighted by Crippen LogP contribution is 2.35. The second kappa shape index (κ2) is 5.24. The van der Waals surface area contributed by atoms with Crippen molar-refractivity contribution in [3.05, 3.63) is 4.88 Å². The van der Waals surface area contributed by atoms with Crippen LogP contribution in [0.5, 0.6) is 0 Å². The van der Waals surface area contributed by atoms with E-state index in [1.807, 2.05) is 23.9 Å². The molecule has 1 aliphatic rings. The Labute approximate surface area is 124 Å². The number of amides is 1. The van der Waals surface area contributed by atoms with Gasteiger partial charge in [-0.05, 0) is 17.8 Å². The summed E-state index contributed by atoms with van der Waals surface area (Å²) in [6.07, 6.45) is 1.06. The van der Waals surface area contributed by atoms with E-state index in [-0.39, 0.29) is 11.3 Å². The number of anilines is 2. The largest absolute Gasteiger partial charge is 0.382 e. The molecule has 1 amide bonds. The topological polar surface area (TPSA) is 62.5 Å². The fraction of sp³-hybridized carbons (Fsp3) is 0.714. The second-order valence-corrected chi connectivity index (χ2v) is 7.69. The Morgan fingerprint density at radius 3 is 2.55 bits per heavy atom. The smallest absolute Gasteiger partial charge is 0.267 e. The molecule has 1 atom stereocenters. The number of likely N-dealkylation sites (tertiary alicyclic amines) is 1. The predicted molar refractivity (Wildman–Crippen MR) is 84.3 cm³/mol. The number of nitrogen functional groups attached to an aromatic ring is 1. The zero-order valence-corrected chi connectivity index (χ0v) is 13.8. The molecular weight excluding hydrogens is 272 g/mol. The van der Waals surface area contributed by atoms with Crippen molar-refractivity contribution in [2.75, 3.05) is 37.8 Å². The summed E-state index contributed by atoms with van der Waals surface area (Å²) in [6, 6.07) is 0. The minimum absolute atomic E-state index is 0.0276. The van der Waals surface area contributed by atoms with Crippen LogP contribution in [0.1, 0.15) is 36.9 Å². The van der Waals surface area contributed by atoms with Crippen molar-refractivity contribution in [2.45, 2.75) is 27.2 Å². The average Bonchev–Trinajstić information content (AvgIpc) is 2.93. The van der Waals surface area contributed by atoms with Crippen LogP contribution in [0, 0.1) is 11.3 Å². The summed E-state index contributed by atoms with van der Waals surface area (Å²) in [6.45, 7) is 8.33. The number of nitrogens with zero attached hydrogens (tertiary/aromatic N) is 3. The Kier molecular flexibility index (Phi) is 3.95. The summed E-state index contributed by atoms with van der Waals surface area (Å²) in [5.74, 6) is 0.927. The number of nitrogens with two attached hydrogens (primary N) is 1. The van der Waals surface area contributed by atoms with Crippen molar-refractivity contribution in [3.8, 4) is 0 Å². The summed E-state index contributed by atoms with van der Waals surface area (Å²) in [5, 5.41) is 0.775. The van der Waals surface area contributed by atoms with Gasteiger partial charge in [0.25, 0.3) is 5.91 Å². The molecule has 20 heavy (non-hydrogen) atoms. The lowest BCUT2D eigenvalue weighted by molar-refractivity contribution is 0.0782. The maximum atomic E-state index is 12.6. The fourth-order valence-corrected chi connectivity index (χ4v) is 3.34. The highest BCUT2D eigenvalue weighted by atomic mass is 32.1. The molecule has 6 heteroatoms. The van der Waals surface area contributed by atoms with E-state index in [1.54, 1.807) is 0 Å². The van der Waals surface area contributed by atoms with Crippen LogP contribution >= 0.6 is 11.3 Å². The Morgan fingerprint density at radius 1 is 1.45 bits per heavy atom. The number of aromatic nitrogens is 1. The molecule has 112 valence electrons. The third kappa shape index (κ3) is 2.90. The van der Waals surface area contributed by atoms with E-state index < -0.39 is 0 Å². The number of hydrogen-bond acceptors (Lipinski definition) is 5. The van der Waals surface area contributed by atoms with Gasteiger partial charge >= 0.3 is 0 Å². The zero-order valence-electron chi connectivity index (χ0n) is 12.9. The predicted octanol–water partition coefficient (Wildman–Crippen LogP) is 2.30. The first kappa shape index (κ1) is 15.1. The van der Waals surface area contributed by atoms with Crippen LogP contribution in [0.25, 0.3) is 0 Å². The molecule has 2 heterocycles. The van der Waals surface area contributed by atoms with Crippen molar-refractivity contribution >= 4 is 28.2 Å². The number of carbonyl (C=O) groups excluding carboxylic acids is 1. The third-order valence-corrected chi connectivity index (χ3v) is 5.15. The molecule has 0 saturated carbocycles. The molecule has 1 fully saturated rings. The fourth-order valence-electron chi connectivity index (χ4n) is 2.46. The summed E-state index contributed by atoms with van der Waals surface area (Å²) < 4.78 is 0. The molecule has 1 saturated heterocycles. The minimum atomic E-state index is 0.0276. The molecule has 5 nitrogen and oxygen atoms in total. The van der Waals surface area contributed by atoms with Crippen molar-refractivity contribution in [1.29, 1.82) is 0 Å². The van der Waals surface area contributed by atoms with Gasteiger partial charge in [-0.15, -0.1) is 0 Å². The van der Waals surface area contributed by atoms with Gasteiger partial charge < -0.3 is 15.5 Å². The Hall–Kier alpha value is -1.30. The van der Waals surface area contributed by atoms with Gasteiger partial charge in [0.05, 0.1) is 0 Å². The van der Waals surface area contributed by atoms with E-state index in [1.165, 1.54) is 11.3 Å². The van der Waals surface area contributed by atoms with Crippen LogP contribution in [0.4, 0.5) is 10.9 Å². The van der Waals surface area contributed by atoms with Crippen molar-refractivity contribution in [3.63, 3.8) is 0 Å².